The lowest BCUT2D eigenvalue weighted by atomic mass is 9.95. The molecule has 0 bridgehead atoms. The number of carbonyl (C=O) groups is 1. The minimum atomic E-state index is -0.387. The van der Waals surface area contributed by atoms with Gasteiger partial charge in [0.2, 0.25) is 5.91 Å². The summed E-state index contributed by atoms with van der Waals surface area (Å²) in [5.41, 5.74) is 4.69. The fourth-order valence-corrected chi connectivity index (χ4v) is 3.54. The topological polar surface area (TPSA) is 35.6 Å². The highest BCUT2D eigenvalue weighted by atomic mass is 16.2. The standard InChI is InChI=1S/C23H31N3O/c1-23(2,3)22(27)24-16-21(18-10-12-19(13-11-18)25(4)5)26-15-14-17-8-6-7-9-20(17)26/h6-13,21H,14-16H2,1-5H3,(H,24,27). The Kier molecular flexibility index (Phi) is 5.45. The predicted molar refractivity (Wildman–Crippen MR) is 113 cm³/mol. The lowest BCUT2D eigenvalue weighted by molar-refractivity contribution is -0.128. The molecular weight excluding hydrogens is 334 g/mol. The van der Waals surface area contributed by atoms with E-state index < -0.39 is 0 Å². The van der Waals surface area contributed by atoms with Crippen molar-refractivity contribution in [2.75, 3.05) is 37.0 Å². The van der Waals surface area contributed by atoms with Crippen LogP contribution in [0.1, 0.15) is 37.9 Å². The highest BCUT2D eigenvalue weighted by Gasteiger charge is 2.29. The van der Waals surface area contributed by atoms with Gasteiger partial charge >= 0.3 is 0 Å². The second-order valence-electron chi connectivity index (χ2n) is 8.53. The molecule has 2 aromatic rings. The lowest BCUT2D eigenvalue weighted by Gasteiger charge is -2.32. The number of hydrogen-bond acceptors (Lipinski definition) is 3. The number of hydrogen-bond donors (Lipinski definition) is 1. The van der Waals surface area contributed by atoms with Crippen molar-refractivity contribution in [1.82, 2.24) is 5.32 Å². The first-order chi connectivity index (χ1) is 12.8. The van der Waals surface area contributed by atoms with E-state index >= 15 is 0 Å². The summed E-state index contributed by atoms with van der Waals surface area (Å²) in [6, 6.07) is 17.4. The average molecular weight is 366 g/mol. The molecule has 2 aromatic carbocycles. The summed E-state index contributed by atoms with van der Waals surface area (Å²) >= 11 is 0. The molecule has 1 N–H and O–H groups in total. The molecule has 1 amide bonds. The van der Waals surface area contributed by atoms with Gasteiger partial charge in [0.1, 0.15) is 0 Å². The Bertz CT molecular complexity index is 790. The fraction of sp³-hybridized carbons (Fsp3) is 0.435. The van der Waals surface area contributed by atoms with Crippen LogP contribution in [0.3, 0.4) is 0 Å². The number of rotatable bonds is 5. The van der Waals surface area contributed by atoms with Crippen molar-refractivity contribution in [3.63, 3.8) is 0 Å². The number of fused-ring (bicyclic) bond motifs is 1. The molecule has 0 radical (unpaired) electrons. The van der Waals surface area contributed by atoms with E-state index in [0.717, 1.165) is 13.0 Å². The summed E-state index contributed by atoms with van der Waals surface area (Å²) in [5.74, 6) is 0.0879. The van der Waals surface area contributed by atoms with Crippen LogP contribution in [0, 0.1) is 5.41 Å². The van der Waals surface area contributed by atoms with Gasteiger partial charge in [0.15, 0.2) is 0 Å². The second-order valence-corrected chi connectivity index (χ2v) is 8.53. The van der Waals surface area contributed by atoms with Gasteiger partial charge in [0.05, 0.1) is 6.04 Å². The van der Waals surface area contributed by atoms with Crippen LogP contribution in [-0.4, -0.2) is 33.1 Å². The van der Waals surface area contributed by atoms with Gasteiger partial charge in [-0.05, 0) is 35.7 Å². The number of nitrogens with zero attached hydrogens (tertiary/aromatic N) is 2. The largest absolute Gasteiger partial charge is 0.378 e. The van der Waals surface area contributed by atoms with E-state index in [1.54, 1.807) is 0 Å². The molecule has 1 atom stereocenters. The van der Waals surface area contributed by atoms with Crippen LogP contribution >= 0.6 is 0 Å². The highest BCUT2D eigenvalue weighted by molar-refractivity contribution is 5.81. The molecule has 1 aliphatic rings. The first-order valence-electron chi connectivity index (χ1n) is 9.67. The van der Waals surface area contributed by atoms with E-state index in [9.17, 15) is 4.79 Å². The van der Waals surface area contributed by atoms with E-state index in [0.29, 0.717) is 6.54 Å². The fourth-order valence-electron chi connectivity index (χ4n) is 3.54. The third-order valence-corrected chi connectivity index (χ3v) is 5.23. The van der Waals surface area contributed by atoms with Gasteiger partial charge in [-0.3, -0.25) is 4.79 Å². The van der Waals surface area contributed by atoms with Crippen LogP contribution < -0.4 is 15.1 Å². The zero-order valence-electron chi connectivity index (χ0n) is 17.1. The molecule has 1 aliphatic heterocycles. The third-order valence-electron chi connectivity index (χ3n) is 5.23. The van der Waals surface area contributed by atoms with Crippen molar-refractivity contribution in [3.05, 3.63) is 59.7 Å². The number of benzene rings is 2. The van der Waals surface area contributed by atoms with Gasteiger partial charge in [-0.15, -0.1) is 0 Å². The smallest absolute Gasteiger partial charge is 0.225 e. The molecule has 27 heavy (non-hydrogen) atoms. The maximum absolute atomic E-state index is 12.5. The average Bonchev–Trinajstić information content (AvgIpc) is 3.05. The molecule has 3 rings (SSSR count). The highest BCUT2D eigenvalue weighted by Crippen LogP contribution is 2.35. The molecule has 144 valence electrons. The van der Waals surface area contributed by atoms with E-state index in [2.05, 4.69) is 63.6 Å². The number of para-hydroxylation sites is 1. The maximum atomic E-state index is 12.5. The Morgan fingerprint density at radius 3 is 2.41 bits per heavy atom. The monoisotopic (exact) mass is 365 g/mol. The van der Waals surface area contributed by atoms with E-state index in [4.69, 9.17) is 0 Å². The zero-order valence-corrected chi connectivity index (χ0v) is 17.1. The molecule has 4 heteroatoms. The minimum absolute atomic E-state index is 0.0879. The summed E-state index contributed by atoms with van der Waals surface area (Å²) in [7, 11) is 4.10. The van der Waals surface area contributed by atoms with Gasteiger partial charge in [-0.2, -0.15) is 0 Å². The molecule has 0 aliphatic carbocycles. The Hall–Kier alpha value is -2.49. The van der Waals surface area contributed by atoms with Crippen molar-refractivity contribution >= 4 is 17.3 Å². The molecule has 0 aromatic heterocycles. The SMILES string of the molecule is CN(C)c1ccc(C(CNC(=O)C(C)(C)C)N2CCc3ccccc32)cc1. The molecule has 4 nitrogen and oxygen atoms in total. The summed E-state index contributed by atoms with van der Waals surface area (Å²) in [4.78, 5) is 17.0. The van der Waals surface area contributed by atoms with E-state index in [1.807, 2.05) is 34.9 Å². The molecule has 0 spiro atoms. The summed E-state index contributed by atoms with van der Waals surface area (Å²) < 4.78 is 0. The van der Waals surface area contributed by atoms with Crippen molar-refractivity contribution in [2.24, 2.45) is 5.41 Å². The second kappa shape index (κ2) is 7.63. The van der Waals surface area contributed by atoms with Crippen LogP contribution in [0.25, 0.3) is 0 Å². The number of nitrogens with one attached hydrogen (secondary N) is 1. The molecule has 0 saturated carbocycles. The van der Waals surface area contributed by atoms with Crippen LogP contribution in [0.5, 0.6) is 0 Å². The number of anilines is 2. The van der Waals surface area contributed by atoms with Gasteiger partial charge in [-0.1, -0.05) is 51.1 Å². The van der Waals surface area contributed by atoms with Crippen LogP contribution in [-0.2, 0) is 11.2 Å². The molecule has 0 saturated heterocycles. The van der Waals surface area contributed by atoms with E-state index in [-0.39, 0.29) is 17.4 Å². The molecule has 0 fully saturated rings. The van der Waals surface area contributed by atoms with Gasteiger partial charge < -0.3 is 15.1 Å². The van der Waals surface area contributed by atoms with Gasteiger partial charge in [-0.25, -0.2) is 0 Å². The molecule has 1 heterocycles. The molecular formula is C23H31N3O. The van der Waals surface area contributed by atoms with Gasteiger partial charge in [0.25, 0.3) is 0 Å². The summed E-state index contributed by atoms with van der Waals surface area (Å²) in [6.45, 7) is 7.44. The maximum Gasteiger partial charge on any atom is 0.225 e. The Morgan fingerprint density at radius 2 is 1.78 bits per heavy atom. The Labute approximate surface area is 163 Å². The van der Waals surface area contributed by atoms with Crippen LogP contribution in [0.15, 0.2) is 48.5 Å². The van der Waals surface area contributed by atoms with Crippen molar-refractivity contribution < 1.29 is 4.79 Å². The summed E-state index contributed by atoms with van der Waals surface area (Å²) in [5, 5.41) is 3.18. The normalized spacial score (nSPS) is 14.6. The number of carbonyl (C=O) groups excluding carboxylic acids is 1. The van der Waals surface area contributed by atoms with Crippen molar-refractivity contribution in [2.45, 2.75) is 33.2 Å². The van der Waals surface area contributed by atoms with Gasteiger partial charge in [0, 0.05) is 44.0 Å². The van der Waals surface area contributed by atoms with Crippen molar-refractivity contribution in [1.29, 1.82) is 0 Å². The number of amides is 1. The first-order valence-corrected chi connectivity index (χ1v) is 9.67. The lowest BCUT2D eigenvalue weighted by Crippen LogP contribution is -2.41. The Morgan fingerprint density at radius 1 is 1.11 bits per heavy atom. The van der Waals surface area contributed by atoms with Crippen molar-refractivity contribution in [3.8, 4) is 0 Å². The molecule has 1 unspecified atom stereocenters. The quantitative estimate of drug-likeness (QED) is 0.869. The summed E-state index contributed by atoms with van der Waals surface area (Å²) in [6.07, 6.45) is 1.05. The van der Waals surface area contributed by atoms with Crippen LogP contribution in [0.4, 0.5) is 11.4 Å². The third kappa shape index (κ3) is 4.26. The minimum Gasteiger partial charge on any atom is -0.378 e. The predicted octanol–water partition coefficient (Wildman–Crippen LogP) is 4.02. The van der Waals surface area contributed by atoms with Crippen LogP contribution in [0.2, 0.25) is 0 Å². The first kappa shape index (κ1) is 19.3. The Balaban J connectivity index is 1.88. The van der Waals surface area contributed by atoms with E-state index in [1.165, 1.54) is 22.5 Å². The zero-order chi connectivity index (χ0) is 19.6.